The minimum Gasteiger partial charge on any atom is -0.481 e. The number of carbonyl (C=O) groups is 2. The second-order valence-electron chi connectivity index (χ2n) is 6.49. The summed E-state index contributed by atoms with van der Waals surface area (Å²) >= 11 is 0. The van der Waals surface area contributed by atoms with Crippen LogP contribution in [0.5, 0.6) is 0 Å². The Morgan fingerprint density at radius 2 is 2.00 bits per heavy atom. The third-order valence-electron chi connectivity index (χ3n) is 5.66. The monoisotopic (exact) mass is 301 g/mol. The number of carbonyl (C=O) groups excluding carboxylic acids is 1. The second-order valence-corrected chi connectivity index (χ2v) is 6.49. The van der Waals surface area contributed by atoms with E-state index in [1.54, 1.807) is 0 Å². The van der Waals surface area contributed by atoms with Gasteiger partial charge < -0.3 is 10.0 Å². The SMILES string of the molecule is CCc1ccccc1C(=O)N1[C@H]2CC[C@@H]1[C@](CC)(C(=O)O)C2. The number of fused-ring (bicyclic) bond motifs is 2. The number of hydrogen-bond donors (Lipinski definition) is 1. The van der Waals surface area contributed by atoms with Crippen molar-refractivity contribution in [3.8, 4) is 0 Å². The van der Waals surface area contributed by atoms with Crippen molar-refractivity contribution in [1.29, 1.82) is 0 Å². The lowest BCUT2D eigenvalue weighted by Crippen LogP contribution is -2.44. The molecule has 1 amide bonds. The first-order chi connectivity index (χ1) is 10.5. The molecule has 2 aliphatic rings. The molecule has 1 aromatic rings. The normalized spacial score (nSPS) is 29.8. The Kier molecular flexibility index (Phi) is 3.71. The molecule has 2 bridgehead atoms. The van der Waals surface area contributed by atoms with E-state index in [-0.39, 0.29) is 18.0 Å². The van der Waals surface area contributed by atoms with Crippen LogP contribution >= 0.6 is 0 Å². The van der Waals surface area contributed by atoms with Gasteiger partial charge in [0.2, 0.25) is 0 Å². The molecule has 0 aromatic heterocycles. The number of carboxylic acid groups (broad SMARTS) is 1. The predicted octanol–water partition coefficient (Wildman–Crippen LogP) is 3.11. The van der Waals surface area contributed by atoms with Gasteiger partial charge in [0.15, 0.2) is 0 Å². The molecule has 2 fully saturated rings. The van der Waals surface area contributed by atoms with Gasteiger partial charge in [-0.05, 0) is 43.7 Å². The van der Waals surface area contributed by atoms with Crippen LogP contribution in [0.3, 0.4) is 0 Å². The number of rotatable bonds is 4. The van der Waals surface area contributed by atoms with Crippen molar-refractivity contribution in [3.63, 3.8) is 0 Å². The van der Waals surface area contributed by atoms with Crippen molar-refractivity contribution < 1.29 is 14.7 Å². The molecule has 3 rings (SSSR count). The largest absolute Gasteiger partial charge is 0.481 e. The number of hydrogen-bond acceptors (Lipinski definition) is 2. The third kappa shape index (κ3) is 1.97. The van der Waals surface area contributed by atoms with Gasteiger partial charge in [-0.15, -0.1) is 0 Å². The van der Waals surface area contributed by atoms with E-state index in [1.807, 2.05) is 43.0 Å². The van der Waals surface area contributed by atoms with Crippen molar-refractivity contribution in [3.05, 3.63) is 35.4 Å². The quantitative estimate of drug-likeness (QED) is 0.929. The minimum atomic E-state index is -0.750. The maximum absolute atomic E-state index is 13.0. The molecule has 1 N–H and O–H groups in total. The van der Waals surface area contributed by atoms with Crippen molar-refractivity contribution in [2.45, 2.75) is 58.0 Å². The highest BCUT2D eigenvalue weighted by molar-refractivity contribution is 5.97. The summed E-state index contributed by atoms with van der Waals surface area (Å²) in [5.74, 6) is -0.731. The summed E-state index contributed by atoms with van der Waals surface area (Å²) < 4.78 is 0. The van der Waals surface area contributed by atoms with Crippen molar-refractivity contribution in [2.75, 3.05) is 0 Å². The lowest BCUT2D eigenvalue weighted by Gasteiger charge is -2.32. The van der Waals surface area contributed by atoms with E-state index in [0.717, 1.165) is 30.4 Å². The van der Waals surface area contributed by atoms with Gasteiger partial charge in [-0.25, -0.2) is 0 Å². The number of carboxylic acids is 1. The molecule has 0 saturated carbocycles. The Labute approximate surface area is 131 Å². The Hall–Kier alpha value is -1.84. The number of amides is 1. The average molecular weight is 301 g/mol. The minimum absolute atomic E-state index is 0.0153. The summed E-state index contributed by atoms with van der Waals surface area (Å²) in [5.41, 5.74) is 1.02. The van der Waals surface area contributed by atoms with Crippen molar-refractivity contribution >= 4 is 11.9 Å². The van der Waals surface area contributed by atoms with Crippen LogP contribution in [0.4, 0.5) is 0 Å². The summed E-state index contributed by atoms with van der Waals surface area (Å²) in [7, 11) is 0. The van der Waals surface area contributed by atoms with Gasteiger partial charge in [0.1, 0.15) is 0 Å². The summed E-state index contributed by atoms with van der Waals surface area (Å²) in [6.07, 6.45) is 3.74. The van der Waals surface area contributed by atoms with E-state index in [9.17, 15) is 14.7 Å². The molecule has 0 radical (unpaired) electrons. The fourth-order valence-corrected chi connectivity index (χ4v) is 4.43. The van der Waals surface area contributed by atoms with Gasteiger partial charge in [-0.1, -0.05) is 32.0 Å². The smallest absolute Gasteiger partial charge is 0.311 e. The molecule has 0 spiro atoms. The van der Waals surface area contributed by atoms with Crippen molar-refractivity contribution in [1.82, 2.24) is 4.90 Å². The molecule has 4 heteroatoms. The molecule has 4 nitrogen and oxygen atoms in total. The number of aryl methyl sites for hydroxylation is 1. The average Bonchev–Trinajstić information content (AvgIpc) is 3.10. The Balaban J connectivity index is 1.96. The maximum atomic E-state index is 13.0. The van der Waals surface area contributed by atoms with E-state index in [1.165, 1.54) is 0 Å². The molecule has 1 aromatic carbocycles. The summed E-state index contributed by atoms with van der Waals surface area (Å²) in [5, 5.41) is 9.72. The highest BCUT2D eigenvalue weighted by atomic mass is 16.4. The van der Waals surface area contributed by atoms with Crippen LogP contribution in [0.25, 0.3) is 0 Å². The van der Waals surface area contributed by atoms with E-state index in [0.29, 0.717) is 12.8 Å². The summed E-state index contributed by atoms with van der Waals surface area (Å²) in [4.78, 5) is 26.8. The zero-order chi connectivity index (χ0) is 15.9. The number of benzene rings is 1. The Morgan fingerprint density at radius 1 is 1.27 bits per heavy atom. The maximum Gasteiger partial charge on any atom is 0.311 e. The molecule has 2 heterocycles. The van der Waals surface area contributed by atoms with Crippen LogP contribution in [0.15, 0.2) is 24.3 Å². The van der Waals surface area contributed by atoms with Crippen molar-refractivity contribution in [2.24, 2.45) is 5.41 Å². The summed E-state index contributed by atoms with van der Waals surface area (Å²) in [6.45, 7) is 3.97. The van der Waals surface area contributed by atoms with Crippen LogP contribution < -0.4 is 0 Å². The van der Waals surface area contributed by atoms with Gasteiger partial charge in [-0.2, -0.15) is 0 Å². The molecule has 22 heavy (non-hydrogen) atoms. The van der Waals surface area contributed by atoms with E-state index in [2.05, 4.69) is 0 Å². The Bertz CT molecular complexity index is 612. The predicted molar refractivity (Wildman–Crippen MR) is 83.8 cm³/mol. The molecular weight excluding hydrogens is 278 g/mol. The van der Waals surface area contributed by atoms with Crippen LogP contribution in [0.1, 0.15) is 55.5 Å². The fraction of sp³-hybridized carbons (Fsp3) is 0.556. The number of aliphatic carboxylic acids is 1. The second kappa shape index (κ2) is 5.41. The van der Waals surface area contributed by atoms with Crippen LogP contribution in [-0.2, 0) is 11.2 Å². The van der Waals surface area contributed by atoms with Gasteiger partial charge in [0.25, 0.3) is 5.91 Å². The zero-order valence-electron chi connectivity index (χ0n) is 13.2. The zero-order valence-corrected chi connectivity index (χ0v) is 13.2. The first kappa shape index (κ1) is 15.1. The standard InChI is InChI=1S/C18H23NO3/c1-3-12-7-5-6-8-14(12)16(20)19-13-9-10-15(19)18(4-2,11-13)17(21)22/h5-8,13,15H,3-4,9-11H2,1-2H3,(H,21,22)/t13-,15+,18+/m0/s1. The lowest BCUT2D eigenvalue weighted by atomic mass is 9.72. The van der Waals surface area contributed by atoms with Crippen LogP contribution in [0, 0.1) is 5.41 Å². The fourth-order valence-electron chi connectivity index (χ4n) is 4.43. The highest BCUT2D eigenvalue weighted by Crippen LogP contribution is 2.52. The third-order valence-corrected chi connectivity index (χ3v) is 5.66. The van der Waals surface area contributed by atoms with Crippen LogP contribution in [-0.4, -0.2) is 34.0 Å². The molecule has 0 aliphatic carbocycles. The molecule has 118 valence electrons. The van der Waals surface area contributed by atoms with E-state index >= 15 is 0 Å². The molecule has 3 atom stereocenters. The van der Waals surface area contributed by atoms with Crippen LogP contribution in [0.2, 0.25) is 0 Å². The molecular formula is C18H23NO3. The highest BCUT2D eigenvalue weighted by Gasteiger charge is 2.60. The topological polar surface area (TPSA) is 57.6 Å². The number of nitrogens with zero attached hydrogens (tertiary/aromatic N) is 1. The van der Waals surface area contributed by atoms with E-state index in [4.69, 9.17) is 0 Å². The van der Waals surface area contributed by atoms with Gasteiger partial charge in [-0.3, -0.25) is 9.59 Å². The first-order valence-electron chi connectivity index (χ1n) is 8.19. The van der Waals surface area contributed by atoms with Gasteiger partial charge in [0, 0.05) is 17.6 Å². The first-order valence-corrected chi connectivity index (χ1v) is 8.19. The molecule has 2 saturated heterocycles. The lowest BCUT2D eigenvalue weighted by molar-refractivity contribution is -0.151. The summed E-state index contributed by atoms with van der Waals surface area (Å²) in [6, 6.07) is 7.61. The Morgan fingerprint density at radius 3 is 2.59 bits per heavy atom. The van der Waals surface area contributed by atoms with Gasteiger partial charge in [0.05, 0.1) is 5.41 Å². The molecule has 2 aliphatic heterocycles. The van der Waals surface area contributed by atoms with Gasteiger partial charge >= 0.3 is 5.97 Å². The molecule has 0 unspecified atom stereocenters. The van der Waals surface area contributed by atoms with E-state index < -0.39 is 11.4 Å².